The Morgan fingerprint density at radius 2 is 1.09 bits per heavy atom. The molecule has 1 nitrogen and oxygen atoms in total. The summed E-state index contributed by atoms with van der Waals surface area (Å²) in [6, 6.07) is 31.2. The molecule has 6 aromatic rings. The Balaban J connectivity index is 1.72. The van der Waals surface area contributed by atoms with E-state index >= 15 is 0 Å². The lowest BCUT2D eigenvalue weighted by molar-refractivity contribution is 1.38. The standard InChI is InChI=1S/C32H27N/c1-19-9-7-10-20(2)30(19)23-15-16-28-27(17-23)32-25-14-6-5-13-24(25)26(18-29(32)33-28)31-21(3)11-8-12-22(31)4/h5-18,33H,1-4H3. The van der Waals surface area contributed by atoms with Gasteiger partial charge < -0.3 is 4.98 Å². The third-order valence-electron chi connectivity index (χ3n) is 7.12. The third kappa shape index (κ3) is 3.00. The van der Waals surface area contributed by atoms with E-state index in [1.165, 1.54) is 77.1 Å². The second-order valence-corrected chi connectivity index (χ2v) is 9.31. The predicted octanol–water partition coefficient (Wildman–Crippen LogP) is 9.04. The van der Waals surface area contributed by atoms with Gasteiger partial charge in [0.15, 0.2) is 0 Å². The molecule has 6 rings (SSSR count). The number of hydrogen-bond donors (Lipinski definition) is 1. The van der Waals surface area contributed by atoms with Gasteiger partial charge in [0.1, 0.15) is 0 Å². The van der Waals surface area contributed by atoms with Crippen LogP contribution in [-0.4, -0.2) is 4.98 Å². The molecule has 0 aliphatic heterocycles. The highest BCUT2D eigenvalue weighted by Gasteiger charge is 2.16. The normalized spacial score (nSPS) is 11.6. The molecule has 0 aliphatic rings. The summed E-state index contributed by atoms with van der Waals surface area (Å²) in [5.41, 5.74) is 12.9. The van der Waals surface area contributed by atoms with Crippen LogP contribution in [-0.2, 0) is 0 Å². The van der Waals surface area contributed by atoms with Crippen molar-refractivity contribution >= 4 is 32.6 Å². The van der Waals surface area contributed by atoms with Gasteiger partial charge in [0.05, 0.1) is 0 Å². The minimum atomic E-state index is 1.18. The number of fused-ring (bicyclic) bond motifs is 5. The summed E-state index contributed by atoms with van der Waals surface area (Å²) >= 11 is 0. The van der Waals surface area contributed by atoms with E-state index in [1.807, 2.05) is 0 Å². The van der Waals surface area contributed by atoms with Gasteiger partial charge in [-0.1, -0.05) is 66.7 Å². The minimum absolute atomic E-state index is 1.18. The molecule has 1 heterocycles. The molecule has 0 atom stereocenters. The molecule has 5 aromatic carbocycles. The Kier molecular flexibility index (Phi) is 4.41. The molecule has 0 saturated heterocycles. The van der Waals surface area contributed by atoms with Gasteiger partial charge in [-0.2, -0.15) is 0 Å². The first-order valence-electron chi connectivity index (χ1n) is 11.6. The molecule has 0 radical (unpaired) electrons. The molecule has 0 spiro atoms. The van der Waals surface area contributed by atoms with Crippen molar-refractivity contribution in [3.8, 4) is 22.3 Å². The fraction of sp³-hybridized carbons (Fsp3) is 0.125. The number of aromatic nitrogens is 1. The number of aromatic amines is 1. The van der Waals surface area contributed by atoms with Crippen LogP contribution < -0.4 is 0 Å². The second kappa shape index (κ2) is 7.35. The van der Waals surface area contributed by atoms with E-state index in [-0.39, 0.29) is 0 Å². The molecule has 1 heteroatoms. The topological polar surface area (TPSA) is 15.8 Å². The summed E-state index contributed by atoms with van der Waals surface area (Å²) in [4.78, 5) is 3.73. The van der Waals surface area contributed by atoms with Gasteiger partial charge in [-0.15, -0.1) is 0 Å². The van der Waals surface area contributed by atoms with Crippen molar-refractivity contribution in [3.05, 3.63) is 107 Å². The zero-order valence-corrected chi connectivity index (χ0v) is 19.6. The first kappa shape index (κ1) is 19.8. The van der Waals surface area contributed by atoms with Crippen molar-refractivity contribution in [2.75, 3.05) is 0 Å². The molecule has 0 unspecified atom stereocenters. The average molecular weight is 426 g/mol. The molecular formula is C32H27N. The van der Waals surface area contributed by atoms with Gasteiger partial charge in [0.2, 0.25) is 0 Å². The molecular weight excluding hydrogens is 398 g/mol. The van der Waals surface area contributed by atoms with Gasteiger partial charge in [0.25, 0.3) is 0 Å². The second-order valence-electron chi connectivity index (χ2n) is 9.31. The van der Waals surface area contributed by atoms with Gasteiger partial charge in [0, 0.05) is 21.8 Å². The zero-order chi connectivity index (χ0) is 22.7. The highest BCUT2D eigenvalue weighted by molar-refractivity contribution is 6.23. The first-order valence-corrected chi connectivity index (χ1v) is 11.6. The van der Waals surface area contributed by atoms with Crippen molar-refractivity contribution in [3.63, 3.8) is 0 Å². The molecule has 0 bridgehead atoms. The fourth-order valence-electron chi connectivity index (χ4n) is 5.64. The predicted molar refractivity (Wildman–Crippen MR) is 143 cm³/mol. The molecule has 0 aliphatic carbocycles. The Morgan fingerprint density at radius 1 is 0.485 bits per heavy atom. The third-order valence-corrected chi connectivity index (χ3v) is 7.12. The van der Waals surface area contributed by atoms with E-state index in [9.17, 15) is 0 Å². The van der Waals surface area contributed by atoms with Crippen molar-refractivity contribution < 1.29 is 0 Å². The Labute approximate surface area is 194 Å². The van der Waals surface area contributed by atoms with Crippen molar-refractivity contribution in [1.82, 2.24) is 4.98 Å². The van der Waals surface area contributed by atoms with Crippen LogP contribution in [0.3, 0.4) is 0 Å². The van der Waals surface area contributed by atoms with E-state index in [4.69, 9.17) is 0 Å². The van der Waals surface area contributed by atoms with Gasteiger partial charge in [-0.05, 0) is 101 Å². The van der Waals surface area contributed by atoms with Crippen molar-refractivity contribution in [2.45, 2.75) is 27.7 Å². The summed E-state index contributed by atoms with van der Waals surface area (Å²) in [7, 11) is 0. The highest BCUT2D eigenvalue weighted by atomic mass is 14.7. The van der Waals surface area contributed by atoms with Crippen molar-refractivity contribution in [2.24, 2.45) is 0 Å². The number of benzene rings is 5. The van der Waals surface area contributed by atoms with Crippen LogP contribution in [0, 0.1) is 27.7 Å². The van der Waals surface area contributed by atoms with Crippen LogP contribution >= 0.6 is 0 Å². The van der Waals surface area contributed by atoms with Crippen molar-refractivity contribution in [1.29, 1.82) is 0 Å². The maximum absolute atomic E-state index is 3.73. The number of aryl methyl sites for hydroxylation is 4. The smallest absolute Gasteiger partial charge is 0.0477 e. The van der Waals surface area contributed by atoms with Gasteiger partial charge in [-0.25, -0.2) is 0 Å². The van der Waals surface area contributed by atoms with E-state index in [0.717, 1.165) is 0 Å². The maximum Gasteiger partial charge on any atom is 0.0477 e. The minimum Gasteiger partial charge on any atom is -0.354 e. The quantitative estimate of drug-likeness (QED) is 0.285. The molecule has 0 fully saturated rings. The molecule has 33 heavy (non-hydrogen) atoms. The maximum atomic E-state index is 3.73. The molecule has 1 N–H and O–H groups in total. The Morgan fingerprint density at radius 3 is 1.76 bits per heavy atom. The Bertz CT molecular complexity index is 1660. The molecule has 160 valence electrons. The van der Waals surface area contributed by atoms with Gasteiger partial charge in [-0.3, -0.25) is 0 Å². The number of rotatable bonds is 2. The summed E-state index contributed by atoms with van der Waals surface area (Å²) in [5.74, 6) is 0. The van der Waals surface area contributed by atoms with Crippen LogP contribution in [0.4, 0.5) is 0 Å². The van der Waals surface area contributed by atoms with Gasteiger partial charge >= 0.3 is 0 Å². The van der Waals surface area contributed by atoms with E-state index < -0.39 is 0 Å². The lowest BCUT2D eigenvalue weighted by Gasteiger charge is -2.14. The Hall–Kier alpha value is -3.84. The monoisotopic (exact) mass is 425 g/mol. The number of hydrogen-bond acceptors (Lipinski definition) is 0. The number of nitrogens with one attached hydrogen (secondary N) is 1. The van der Waals surface area contributed by atoms with E-state index in [0.29, 0.717) is 0 Å². The summed E-state index contributed by atoms with van der Waals surface area (Å²) < 4.78 is 0. The van der Waals surface area contributed by atoms with E-state index in [1.54, 1.807) is 0 Å². The SMILES string of the molecule is Cc1cccc(C)c1-c1ccc2[nH]c3cc(-c4c(C)cccc4C)c4ccccc4c3c2c1. The van der Waals surface area contributed by atoms with Crippen LogP contribution in [0.25, 0.3) is 54.8 Å². The fourth-order valence-corrected chi connectivity index (χ4v) is 5.64. The van der Waals surface area contributed by atoms with Crippen LogP contribution in [0.2, 0.25) is 0 Å². The van der Waals surface area contributed by atoms with Crippen LogP contribution in [0.15, 0.2) is 84.9 Å². The average Bonchev–Trinajstić information content (AvgIpc) is 3.17. The lowest BCUT2D eigenvalue weighted by Crippen LogP contribution is -1.90. The number of H-pyrrole nitrogens is 1. The lowest BCUT2D eigenvalue weighted by atomic mass is 9.89. The largest absolute Gasteiger partial charge is 0.354 e. The van der Waals surface area contributed by atoms with E-state index in [2.05, 4.69) is 118 Å². The molecule has 0 amide bonds. The highest BCUT2D eigenvalue weighted by Crippen LogP contribution is 2.41. The summed E-state index contributed by atoms with van der Waals surface area (Å²) in [6.45, 7) is 8.83. The van der Waals surface area contributed by atoms with Crippen LogP contribution in [0.1, 0.15) is 22.3 Å². The first-order chi connectivity index (χ1) is 16.0. The molecule has 1 aromatic heterocycles. The molecule has 0 saturated carbocycles. The summed E-state index contributed by atoms with van der Waals surface area (Å²) in [5, 5.41) is 5.21. The van der Waals surface area contributed by atoms with Crippen LogP contribution in [0.5, 0.6) is 0 Å². The summed E-state index contributed by atoms with van der Waals surface area (Å²) in [6.07, 6.45) is 0. The zero-order valence-electron chi connectivity index (χ0n) is 19.6.